The summed E-state index contributed by atoms with van der Waals surface area (Å²) in [6.45, 7) is 2.22. The fourth-order valence-corrected chi connectivity index (χ4v) is 4.95. The van der Waals surface area contributed by atoms with E-state index in [9.17, 15) is 13.5 Å². The highest BCUT2D eigenvalue weighted by Gasteiger charge is 2.25. The van der Waals surface area contributed by atoms with E-state index in [4.69, 9.17) is 9.47 Å². The number of hydrogen-bond donors (Lipinski definition) is 2. The third-order valence-electron chi connectivity index (χ3n) is 5.36. The first kappa shape index (κ1) is 24.8. The Labute approximate surface area is 218 Å². The number of benzene rings is 2. The summed E-state index contributed by atoms with van der Waals surface area (Å²) in [6, 6.07) is 13.5. The van der Waals surface area contributed by atoms with Gasteiger partial charge in [-0.25, -0.2) is 28.4 Å². The van der Waals surface area contributed by atoms with Gasteiger partial charge in [-0.2, -0.15) is 0 Å². The van der Waals surface area contributed by atoms with Crippen LogP contribution in [-0.4, -0.2) is 52.7 Å². The van der Waals surface area contributed by atoms with Crippen molar-refractivity contribution >= 4 is 38.7 Å². The minimum Gasteiger partial charge on any atom is -0.506 e. The Balaban J connectivity index is 1.67. The van der Waals surface area contributed by atoms with E-state index in [-0.39, 0.29) is 45.8 Å². The van der Waals surface area contributed by atoms with Gasteiger partial charge < -0.3 is 14.6 Å². The van der Waals surface area contributed by atoms with E-state index in [2.05, 4.69) is 36.1 Å². The van der Waals surface area contributed by atoms with Gasteiger partial charge >= 0.3 is 0 Å². The Bertz CT molecular complexity index is 1770. The average Bonchev–Trinajstić information content (AvgIpc) is 3.27. The zero-order valence-electron chi connectivity index (χ0n) is 20.4. The second-order valence-electron chi connectivity index (χ2n) is 7.99. The molecule has 1 aliphatic heterocycles. The normalized spacial score (nSPS) is 12.8. The number of nitrogens with one attached hydrogen (secondary N) is 1. The van der Waals surface area contributed by atoms with Crippen LogP contribution in [0.4, 0.5) is 5.82 Å². The van der Waals surface area contributed by atoms with Crippen LogP contribution in [0.15, 0.2) is 77.3 Å². The van der Waals surface area contributed by atoms with Gasteiger partial charge in [-0.3, -0.25) is 9.29 Å². The maximum Gasteiger partial charge on any atom is 0.238 e. The first-order chi connectivity index (χ1) is 18.4. The molecule has 3 heterocycles. The Kier molecular flexibility index (Phi) is 6.68. The number of sulfonamides is 1. The van der Waals surface area contributed by atoms with Gasteiger partial charge in [-0.1, -0.05) is 42.1 Å². The zero-order valence-corrected chi connectivity index (χ0v) is 21.2. The molecule has 0 radical (unpaired) electrons. The number of rotatable bonds is 8. The standard InChI is InChI=1S/C26H22N6O5S/c1-3-37-22-14-7-11-18(28-22)25-30-24-26(32(25)23-19(33)12-8-13-20(23)36-2)29-21(15-27-24)31-38(34,35)16-17-9-5-4-6-10-17/h4-6,8-10,12-15,33H,3,16H2,1-2H3,(H,29,31). The van der Waals surface area contributed by atoms with E-state index >= 15 is 0 Å². The number of aromatic nitrogens is 4. The fraction of sp³-hybridized carbons (Fsp3) is 0.154. The molecule has 0 bridgehead atoms. The number of imidazole rings is 1. The van der Waals surface area contributed by atoms with Crippen molar-refractivity contribution in [3.63, 3.8) is 0 Å². The molecular weight excluding hydrogens is 508 g/mol. The van der Waals surface area contributed by atoms with Gasteiger partial charge in [-0.15, -0.1) is 0 Å². The highest BCUT2D eigenvalue weighted by Crippen LogP contribution is 2.36. The number of methoxy groups -OCH3 is 1. The molecule has 0 aliphatic carbocycles. The van der Waals surface area contributed by atoms with Crippen LogP contribution in [0.25, 0.3) is 22.7 Å². The van der Waals surface area contributed by atoms with Crippen LogP contribution in [0.5, 0.6) is 11.5 Å². The van der Waals surface area contributed by atoms with Crippen molar-refractivity contribution in [3.8, 4) is 17.2 Å². The van der Waals surface area contributed by atoms with Crippen LogP contribution in [-0.2, 0) is 20.5 Å². The number of ether oxygens (including phenoxy) is 2. The van der Waals surface area contributed by atoms with Crippen molar-refractivity contribution in [2.24, 2.45) is 4.99 Å². The summed E-state index contributed by atoms with van der Waals surface area (Å²) < 4.78 is 40.6. The van der Waals surface area contributed by atoms with Gasteiger partial charge in [-0.05, 0) is 30.4 Å². The summed E-state index contributed by atoms with van der Waals surface area (Å²) >= 11 is 0. The summed E-state index contributed by atoms with van der Waals surface area (Å²) in [5.74, 6) is 0.423. The molecule has 1 aliphatic rings. The highest BCUT2D eigenvalue weighted by atomic mass is 32.2. The van der Waals surface area contributed by atoms with Crippen molar-refractivity contribution in [1.29, 1.82) is 0 Å². The molecule has 38 heavy (non-hydrogen) atoms. The predicted molar refractivity (Wildman–Crippen MR) is 142 cm³/mol. The molecule has 0 spiro atoms. The van der Waals surface area contributed by atoms with Crippen LogP contribution in [0.1, 0.15) is 18.3 Å². The molecule has 0 saturated heterocycles. The third kappa shape index (κ3) is 5.00. The molecule has 2 aromatic heterocycles. The molecule has 4 aromatic rings. The lowest BCUT2D eigenvalue weighted by atomic mass is 10.2. The summed E-state index contributed by atoms with van der Waals surface area (Å²) in [5, 5.41) is 10.8. The van der Waals surface area contributed by atoms with Crippen molar-refractivity contribution in [3.05, 3.63) is 83.7 Å². The smallest absolute Gasteiger partial charge is 0.238 e. The number of para-hydroxylation sites is 1. The molecule has 0 fully saturated rings. The first-order valence-electron chi connectivity index (χ1n) is 11.5. The third-order valence-corrected chi connectivity index (χ3v) is 6.60. The number of phenolic OH excluding ortho intramolecular Hbond substituents is 1. The number of fused-ring (bicyclic) bond motifs is 1. The van der Waals surface area contributed by atoms with Gasteiger partial charge in [0.25, 0.3) is 0 Å². The van der Waals surface area contributed by atoms with Crippen LogP contribution < -0.4 is 9.46 Å². The molecular formula is C26H22N6O5S. The second kappa shape index (κ2) is 10.2. The van der Waals surface area contributed by atoms with Gasteiger partial charge in [0.1, 0.15) is 17.2 Å². The summed E-state index contributed by atoms with van der Waals surface area (Å²) in [5.41, 5.74) is 7.15. The molecule has 2 aromatic carbocycles. The van der Waals surface area contributed by atoms with E-state index in [1.165, 1.54) is 30.0 Å². The first-order valence-corrected chi connectivity index (χ1v) is 13.1. The monoisotopic (exact) mass is 530 g/mol. The van der Waals surface area contributed by atoms with E-state index in [1.54, 1.807) is 36.4 Å². The van der Waals surface area contributed by atoms with E-state index in [0.717, 1.165) is 0 Å². The van der Waals surface area contributed by atoms with E-state index in [0.29, 0.717) is 23.8 Å². The molecule has 0 unspecified atom stereocenters. The van der Waals surface area contributed by atoms with Gasteiger partial charge in [0, 0.05) is 0 Å². The van der Waals surface area contributed by atoms with Crippen molar-refractivity contribution in [2.75, 3.05) is 18.4 Å². The minimum absolute atomic E-state index is 0.0258. The van der Waals surface area contributed by atoms with Crippen molar-refractivity contribution < 1.29 is 23.0 Å². The number of phenols is 1. The quantitative estimate of drug-likeness (QED) is 0.330. The van der Waals surface area contributed by atoms with Crippen molar-refractivity contribution in [2.45, 2.75) is 12.7 Å². The lowest BCUT2D eigenvalue weighted by Gasteiger charge is -2.14. The SMILES string of the molecule is CCOC1=NC(c2nc3ncc(NS(=O)(=O)Cc4ccccc4)nc3n2-c2c(O)cccc2OC)=C=C=C1. The van der Waals surface area contributed by atoms with Gasteiger partial charge in [0.2, 0.25) is 15.9 Å². The molecule has 192 valence electrons. The number of hydrogen-bond acceptors (Lipinski definition) is 9. The van der Waals surface area contributed by atoms with Crippen LogP contribution in [0.2, 0.25) is 0 Å². The van der Waals surface area contributed by atoms with Crippen LogP contribution >= 0.6 is 0 Å². The van der Waals surface area contributed by atoms with Crippen molar-refractivity contribution in [1.82, 2.24) is 19.5 Å². The molecule has 11 nitrogen and oxygen atoms in total. The van der Waals surface area contributed by atoms with E-state index < -0.39 is 10.0 Å². The molecule has 0 amide bonds. The van der Waals surface area contributed by atoms with Gasteiger partial charge in [0.05, 0.1) is 31.7 Å². The maximum absolute atomic E-state index is 12.8. The van der Waals surface area contributed by atoms with E-state index in [1.807, 2.05) is 13.0 Å². The second-order valence-corrected chi connectivity index (χ2v) is 9.72. The molecule has 2 N–H and O–H groups in total. The highest BCUT2D eigenvalue weighted by molar-refractivity contribution is 7.91. The summed E-state index contributed by atoms with van der Waals surface area (Å²) in [6.07, 6.45) is 2.81. The average molecular weight is 531 g/mol. The topological polar surface area (TPSA) is 141 Å². The summed E-state index contributed by atoms with van der Waals surface area (Å²) in [7, 11) is -2.35. The number of nitrogens with zero attached hydrogens (tertiary/aromatic N) is 5. The minimum atomic E-state index is -3.81. The Morgan fingerprint density at radius 1 is 1.11 bits per heavy atom. The van der Waals surface area contributed by atoms with Gasteiger partial charge in [0.15, 0.2) is 28.6 Å². The lowest BCUT2D eigenvalue weighted by molar-refractivity contribution is 0.330. The zero-order chi connectivity index (χ0) is 26.7. The molecule has 0 atom stereocenters. The molecule has 5 rings (SSSR count). The lowest BCUT2D eigenvalue weighted by Crippen LogP contribution is -2.16. The largest absolute Gasteiger partial charge is 0.506 e. The molecule has 0 saturated carbocycles. The number of aromatic hydroxyl groups is 1. The molecule has 12 heteroatoms. The number of aliphatic imine (C=N–C) groups is 1. The number of anilines is 1. The predicted octanol–water partition coefficient (Wildman–Crippen LogP) is 3.57. The Hall–Kier alpha value is -4.89. The van der Waals surface area contributed by atoms with Crippen LogP contribution in [0, 0.1) is 0 Å². The van der Waals surface area contributed by atoms with Crippen LogP contribution in [0.3, 0.4) is 0 Å². The summed E-state index contributed by atoms with van der Waals surface area (Å²) in [4.78, 5) is 17.8. The fourth-order valence-electron chi connectivity index (χ4n) is 3.83. The Morgan fingerprint density at radius 3 is 2.68 bits per heavy atom. The maximum atomic E-state index is 12.8. The Morgan fingerprint density at radius 2 is 1.92 bits per heavy atom.